The summed E-state index contributed by atoms with van der Waals surface area (Å²) in [7, 11) is 0. The minimum atomic E-state index is -0.120. The molecule has 0 saturated heterocycles. The Morgan fingerprint density at radius 3 is 2.09 bits per heavy atom. The monoisotopic (exact) mass is 154 g/mol. The third-order valence-corrected chi connectivity index (χ3v) is 1.54. The van der Waals surface area contributed by atoms with Crippen molar-refractivity contribution < 1.29 is 4.39 Å². The summed E-state index contributed by atoms with van der Waals surface area (Å²) in [6, 6.07) is 0. The van der Waals surface area contributed by atoms with Crippen LogP contribution in [-0.2, 0) is 0 Å². The normalized spacial score (nSPS) is 15.5. The molecular formula is C10H15F. The quantitative estimate of drug-likeness (QED) is 0.531. The molecule has 0 aliphatic rings. The highest BCUT2D eigenvalue weighted by molar-refractivity contribution is 5.32. The summed E-state index contributed by atoms with van der Waals surface area (Å²) < 4.78 is 13.1. The number of allylic oxidation sites excluding steroid dienone is 6. The standard InChI is InChI=1S/C10H15F/c1-5-7-9(4)10(11)8(3)6-2/h5-7H,1-4H3/b7-5-,8-6-,10-9+. The highest BCUT2D eigenvalue weighted by Crippen LogP contribution is 2.16. The summed E-state index contributed by atoms with van der Waals surface area (Å²) in [6.45, 7) is 7.24. The molecule has 0 heterocycles. The molecule has 0 aliphatic heterocycles. The number of rotatable bonds is 2. The zero-order valence-electron chi connectivity index (χ0n) is 7.61. The molecule has 0 nitrogen and oxygen atoms in total. The summed E-state index contributed by atoms with van der Waals surface area (Å²) in [4.78, 5) is 0. The minimum Gasteiger partial charge on any atom is -0.206 e. The lowest BCUT2D eigenvalue weighted by Crippen LogP contribution is -1.80. The first-order valence-corrected chi connectivity index (χ1v) is 3.75. The van der Waals surface area contributed by atoms with Crippen molar-refractivity contribution in [2.45, 2.75) is 27.7 Å². The van der Waals surface area contributed by atoms with Gasteiger partial charge in [0.2, 0.25) is 0 Å². The first kappa shape index (κ1) is 10.2. The Labute approximate surface area is 68.1 Å². The van der Waals surface area contributed by atoms with Crippen molar-refractivity contribution in [2.24, 2.45) is 0 Å². The SMILES string of the molecule is C\C=C/C(C)=C(F)\C(C)=C/C. The van der Waals surface area contributed by atoms with E-state index >= 15 is 0 Å². The van der Waals surface area contributed by atoms with E-state index in [0.717, 1.165) is 0 Å². The molecule has 62 valence electrons. The van der Waals surface area contributed by atoms with Crippen LogP contribution in [0.1, 0.15) is 27.7 Å². The molecule has 0 aromatic carbocycles. The maximum atomic E-state index is 13.1. The van der Waals surface area contributed by atoms with Gasteiger partial charge in [-0.15, -0.1) is 0 Å². The van der Waals surface area contributed by atoms with Gasteiger partial charge >= 0.3 is 0 Å². The Kier molecular flexibility index (Phi) is 4.51. The molecule has 0 bridgehead atoms. The Balaban J connectivity index is 4.66. The molecule has 0 amide bonds. The topological polar surface area (TPSA) is 0 Å². The highest BCUT2D eigenvalue weighted by atomic mass is 19.1. The molecule has 0 aliphatic carbocycles. The van der Waals surface area contributed by atoms with Crippen LogP contribution in [-0.4, -0.2) is 0 Å². The zero-order valence-corrected chi connectivity index (χ0v) is 7.61. The van der Waals surface area contributed by atoms with Gasteiger partial charge in [0.15, 0.2) is 0 Å². The van der Waals surface area contributed by atoms with Crippen LogP contribution in [0.5, 0.6) is 0 Å². The van der Waals surface area contributed by atoms with E-state index in [1.54, 1.807) is 26.0 Å². The summed E-state index contributed by atoms with van der Waals surface area (Å²) in [5.41, 5.74) is 1.38. The van der Waals surface area contributed by atoms with Gasteiger partial charge in [-0.2, -0.15) is 0 Å². The van der Waals surface area contributed by atoms with E-state index in [0.29, 0.717) is 11.1 Å². The fourth-order valence-corrected chi connectivity index (χ4v) is 0.761. The minimum absolute atomic E-state index is 0.120. The Morgan fingerprint density at radius 1 is 1.18 bits per heavy atom. The average molecular weight is 154 g/mol. The van der Waals surface area contributed by atoms with Gasteiger partial charge in [-0.25, -0.2) is 4.39 Å². The van der Waals surface area contributed by atoms with E-state index in [4.69, 9.17) is 0 Å². The van der Waals surface area contributed by atoms with Crippen LogP contribution >= 0.6 is 0 Å². The van der Waals surface area contributed by atoms with Gasteiger partial charge < -0.3 is 0 Å². The highest BCUT2D eigenvalue weighted by Gasteiger charge is 1.98. The van der Waals surface area contributed by atoms with E-state index in [2.05, 4.69) is 0 Å². The Bertz CT molecular complexity index is 207. The van der Waals surface area contributed by atoms with E-state index in [-0.39, 0.29) is 5.83 Å². The smallest absolute Gasteiger partial charge is 0.128 e. The predicted molar refractivity (Wildman–Crippen MR) is 48.1 cm³/mol. The van der Waals surface area contributed by atoms with Gasteiger partial charge in [0.05, 0.1) is 0 Å². The first-order valence-electron chi connectivity index (χ1n) is 3.75. The first-order chi connectivity index (χ1) is 5.13. The third kappa shape index (κ3) is 3.17. The lowest BCUT2D eigenvalue weighted by atomic mass is 10.1. The molecule has 0 unspecified atom stereocenters. The number of halogens is 1. The predicted octanol–water partition coefficient (Wildman–Crippen LogP) is 3.77. The van der Waals surface area contributed by atoms with Crippen LogP contribution in [0.4, 0.5) is 4.39 Å². The molecule has 0 N–H and O–H groups in total. The largest absolute Gasteiger partial charge is 0.206 e. The fraction of sp³-hybridized carbons (Fsp3) is 0.400. The Hall–Kier alpha value is -0.850. The third-order valence-electron chi connectivity index (χ3n) is 1.54. The second kappa shape index (κ2) is 4.89. The van der Waals surface area contributed by atoms with E-state index < -0.39 is 0 Å². The van der Waals surface area contributed by atoms with E-state index in [1.807, 2.05) is 19.9 Å². The van der Waals surface area contributed by atoms with Crippen molar-refractivity contribution in [2.75, 3.05) is 0 Å². The van der Waals surface area contributed by atoms with Gasteiger partial charge in [0, 0.05) is 0 Å². The van der Waals surface area contributed by atoms with Crippen molar-refractivity contribution in [1.29, 1.82) is 0 Å². The average Bonchev–Trinajstić information content (AvgIpc) is 2.02. The summed E-state index contributed by atoms with van der Waals surface area (Å²) in [5, 5.41) is 0. The van der Waals surface area contributed by atoms with Crippen LogP contribution in [0.3, 0.4) is 0 Å². The van der Waals surface area contributed by atoms with Gasteiger partial charge in [-0.05, 0) is 38.8 Å². The lowest BCUT2D eigenvalue weighted by Gasteiger charge is -1.98. The lowest BCUT2D eigenvalue weighted by molar-refractivity contribution is 0.642. The van der Waals surface area contributed by atoms with Crippen LogP contribution in [0.2, 0.25) is 0 Å². The molecule has 11 heavy (non-hydrogen) atoms. The van der Waals surface area contributed by atoms with Gasteiger partial charge in [0.1, 0.15) is 5.83 Å². The van der Waals surface area contributed by atoms with Crippen molar-refractivity contribution in [1.82, 2.24) is 0 Å². The second-order valence-electron chi connectivity index (χ2n) is 2.47. The van der Waals surface area contributed by atoms with Crippen molar-refractivity contribution >= 4 is 0 Å². The van der Waals surface area contributed by atoms with Crippen molar-refractivity contribution in [3.63, 3.8) is 0 Å². The number of hydrogen-bond donors (Lipinski definition) is 0. The van der Waals surface area contributed by atoms with E-state index in [1.165, 1.54) is 0 Å². The molecule has 0 aromatic rings. The van der Waals surface area contributed by atoms with Crippen LogP contribution < -0.4 is 0 Å². The molecule has 1 heteroatoms. The summed E-state index contributed by atoms with van der Waals surface area (Å²) in [5.74, 6) is -0.120. The van der Waals surface area contributed by atoms with E-state index in [9.17, 15) is 4.39 Å². The molecule has 0 rings (SSSR count). The van der Waals surface area contributed by atoms with Crippen LogP contribution in [0, 0.1) is 0 Å². The van der Waals surface area contributed by atoms with Crippen molar-refractivity contribution in [3.8, 4) is 0 Å². The molecule has 0 saturated carbocycles. The summed E-state index contributed by atoms with van der Waals surface area (Å²) in [6.07, 6.45) is 5.36. The fourth-order valence-electron chi connectivity index (χ4n) is 0.761. The zero-order chi connectivity index (χ0) is 8.85. The maximum absolute atomic E-state index is 13.1. The molecule has 0 spiro atoms. The molecular weight excluding hydrogens is 139 g/mol. The Morgan fingerprint density at radius 2 is 1.73 bits per heavy atom. The molecule has 0 atom stereocenters. The maximum Gasteiger partial charge on any atom is 0.128 e. The van der Waals surface area contributed by atoms with Crippen LogP contribution in [0.15, 0.2) is 35.2 Å². The van der Waals surface area contributed by atoms with Gasteiger partial charge in [-0.3, -0.25) is 0 Å². The molecule has 0 fully saturated rings. The molecule has 0 radical (unpaired) electrons. The number of hydrogen-bond acceptors (Lipinski definition) is 0. The van der Waals surface area contributed by atoms with Gasteiger partial charge in [-0.1, -0.05) is 18.2 Å². The van der Waals surface area contributed by atoms with Crippen molar-refractivity contribution in [3.05, 3.63) is 35.2 Å². The second-order valence-corrected chi connectivity index (χ2v) is 2.47. The summed E-state index contributed by atoms with van der Waals surface area (Å²) >= 11 is 0. The molecule has 0 aromatic heterocycles. The van der Waals surface area contributed by atoms with Gasteiger partial charge in [0.25, 0.3) is 0 Å². The van der Waals surface area contributed by atoms with Crippen LogP contribution in [0.25, 0.3) is 0 Å².